The summed E-state index contributed by atoms with van der Waals surface area (Å²) in [5.41, 5.74) is 2.55. The maximum Gasteiger partial charge on any atom is 0.342 e. The lowest BCUT2D eigenvalue weighted by atomic mass is 10.2. The van der Waals surface area contributed by atoms with E-state index in [4.69, 9.17) is 4.74 Å². The van der Waals surface area contributed by atoms with Crippen LogP contribution < -0.4 is 5.32 Å². The largest absolute Gasteiger partial charge is 0.449 e. The van der Waals surface area contributed by atoms with Crippen molar-refractivity contribution in [2.24, 2.45) is 0 Å². The van der Waals surface area contributed by atoms with Crippen molar-refractivity contribution >= 4 is 11.9 Å². The van der Waals surface area contributed by atoms with Gasteiger partial charge in [-0.25, -0.2) is 9.48 Å². The van der Waals surface area contributed by atoms with Crippen LogP contribution >= 0.6 is 0 Å². The number of para-hydroxylation sites is 1. The van der Waals surface area contributed by atoms with E-state index in [2.05, 4.69) is 10.4 Å². The molecule has 0 unspecified atom stereocenters. The van der Waals surface area contributed by atoms with Crippen LogP contribution in [0, 0.1) is 13.8 Å². The Morgan fingerprint density at radius 1 is 1.25 bits per heavy atom. The zero-order valence-electron chi connectivity index (χ0n) is 14.1. The molecule has 1 aromatic carbocycles. The third-order valence-electron chi connectivity index (χ3n) is 4.07. The second-order valence-electron chi connectivity index (χ2n) is 6.12. The third-order valence-corrected chi connectivity index (χ3v) is 4.07. The summed E-state index contributed by atoms with van der Waals surface area (Å²) in [4.78, 5) is 24.4. The molecule has 6 nitrogen and oxygen atoms in total. The maximum atomic E-state index is 12.5. The summed E-state index contributed by atoms with van der Waals surface area (Å²) in [6, 6.07) is 9.82. The maximum absolute atomic E-state index is 12.5. The standard InChI is InChI=1S/C18H21N3O3/c1-11-16(12(2)21(20-11)15-7-5-4-6-8-15)18(23)24-13(3)17(22)19-14-9-10-14/h4-8,13-14H,9-10H2,1-3H3,(H,19,22)/t13-/m1/s1. The van der Waals surface area contributed by atoms with Gasteiger partial charge in [0, 0.05) is 6.04 Å². The van der Waals surface area contributed by atoms with Gasteiger partial charge in [0.2, 0.25) is 0 Å². The molecule has 1 fully saturated rings. The first-order chi connectivity index (χ1) is 11.5. The highest BCUT2D eigenvalue weighted by atomic mass is 16.5. The Labute approximate surface area is 140 Å². The van der Waals surface area contributed by atoms with Crippen molar-refractivity contribution in [1.82, 2.24) is 15.1 Å². The fraction of sp³-hybridized carbons (Fsp3) is 0.389. The molecule has 2 aromatic rings. The SMILES string of the molecule is Cc1nn(-c2ccccc2)c(C)c1C(=O)O[C@H](C)C(=O)NC1CC1. The number of aromatic nitrogens is 2. The molecule has 0 radical (unpaired) electrons. The van der Waals surface area contributed by atoms with Crippen LogP contribution in [0.15, 0.2) is 30.3 Å². The molecule has 24 heavy (non-hydrogen) atoms. The second-order valence-corrected chi connectivity index (χ2v) is 6.12. The van der Waals surface area contributed by atoms with Gasteiger partial charge in [-0.05, 0) is 45.7 Å². The topological polar surface area (TPSA) is 73.2 Å². The van der Waals surface area contributed by atoms with E-state index >= 15 is 0 Å². The van der Waals surface area contributed by atoms with Gasteiger partial charge in [-0.3, -0.25) is 4.79 Å². The van der Waals surface area contributed by atoms with Crippen molar-refractivity contribution in [3.8, 4) is 5.69 Å². The van der Waals surface area contributed by atoms with E-state index in [-0.39, 0.29) is 11.9 Å². The number of hydrogen-bond acceptors (Lipinski definition) is 4. The average Bonchev–Trinajstić information content (AvgIpc) is 3.31. The quantitative estimate of drug-likeness (QED) is 0.855. The fourth-order valence-electron chi connectivity index (χ4n) is 2.58. The van der Waals surface area contributed by atoms with Gasteiger partial charge in [0.05, 0.1) is 17.1 Å². The summed E-state index contributed by atoms with van der Waals surface area (Å²) in [6.45, 7) is 5.17. The first-order valence-corrected chi connectivity index (χ1v) is 8.10. The smallest absolute Gasteiger partial charge is 0.342 e. The number of carbonyl (C=O) groups excluding carboxylic acids is 2. The van der Waals surface area contributed by atoms with Crippen LogP contribution in [0.4, 0.5) is 0 Å². The van der Waals surface area contributed by atoms with Crippen LogP contribution in [-0.2, 0) is 9.53 Å². The number of benzene rings is 1. The Balaban J connectivity index is 1.77. The molecule has 126 valence electrons. The minimum absolute atomic E-state index is 0.239. The number of nitrogens with one attached hydrogen (secondary N) is 1. The highest BCUT2D eigenvalue weighted by Crippen LogP contribution is 2.21. The van der Waals surface area contributed by atoms with Crippen LogP contribution in [-0.4, -0.2) is 33.8 Å². The lowest BCUT2D eigenvalue weighted by Gasteiger charge is -2.13. The molecule has 1 aliphatic carbocycles. The van der Waals surface area contributed by atoms with Gasteiger partial charge < -0.3 is 10.1 Å². The molecular weight excluding hydrogens is 306 g/mol. The lowest BCUT2D eigenvalue weighted by Crippen LogP contribution is -2.37. The van der Waals surface area contributed by atoms with Crippen molar-refractivity contribution in [1.29, 1.82) is 0 Å². The van der Waals surface area contributed by atoms with E-state index in [1.54, 1.807) is 18.5 Å². The van der Waals surface area contributed by atoms with Gasteiger partial charge in [0.1, 0.15) is 5.56 Å². The monoisotopic (exact) mass is 327 g/mol. The Hall–Kier alpha value is -2.63. The van der Waals surface area contributed by atoms with Crippen molar-refractivity contribution in [3.63, 3.8) is 0 Å². The first-order valence-electron chi connectivity index (χ1n) is 8.10. The number of hydrogen-bond donors (Lipinski definition) is 1. The highest BCUT2D eigenvalue weighted by Gasteiger charge is 2.29. The molecule has 1 atom stereocenters. The summed E-state index contributed by atoms with van der Waals surface area (Å²) >= 11 is 0. The number of ether oxygens (including phenoxy) is 1. The van der Waals surface area contributed by atoms with Gasteiger partial charge >= 0.3 is 5.97 Å². The second kappa shape index (κ2) is 6.47. The number of aryl methyl sites for hydroxylation is 1. The summed E-state index contributed by atoms with van der Waals surface area (Å²) in [6.07, 6.45) is 1.17. The summed E-state index contributed by atoms with van der Waals surface area (Å²) in [5.74, 6) is -0.776. The van der Waals surface area contributed by atoms with Crippen molar-refractivity contribution < 1.29 is 14.3 Å². The van der Waals surface area contributed by atoms with Gasteiger partial charge in [0.15, 0.2) is 6.10 Å². The molecule has 0 spiro atoms. The Bertz CT molecular complexity index is 763. The minimum atomic E-state index is -0.822. The molecular formula is C18H21N3O3. The highest BCUT2D eigenvalue weighted by molar-refractivity contribution is 5.94. The molecule has 1 amide bonds. The molecule has 0 aliphatic heterocycles. The van der Waals surface area contributed by atoms with Crippen LogP contribution in [0.25, 0.3) is 5.69 Å². The van der Waals surface area contributed by atoms with Crippen molar-refractivity contribution in [2.45, 2.75) is 45.8 Å². The molecule has 1 saturated carbocycles. The van der Waals surface area contributed by atoms with E-state index in [0.717, 1.165) is 18.5 Å². The molecule has 0 bridgehead atoms. The van der Waals surface area contributed by atoms with Crippen molar-refractivity contribution in [2.75, 3.05) is 0 Å². The number of nitrogens with zero attached hydrogens (tertiary/aromatic N) is 2. The summed E-state index contributed by atoms with van der Waals surface area (Å²) < 4.78 is 7.04. The molecule has 1 N–H and O–H groups in total. The van der Waals surface area contributed by atoms with Crippen molar-refractivity contribution in [3.05, 3.63) is 47.3 Å². The predicted molar refractivity (Wildman–Crippen MR) is 89.1 cm³/mol. The zero-order valence-corrected chi connectivity index (χ0v) is 14.1. The molecule has 0 saturated heterocycles. The predicted octanol–water partition coefficient (Wildman–Crippen LogP) is 2.31. The molecule has 1 aromatic heterocycles. The Morgan fingerprint density at radius 2 is 1.92 bits per heavy atom. The van der Waals surface area contributed by atoms with E-state index in [0.29, 0.717) is 17.0 Å². The van der Waals surface area contributed by atoms with E-state index < -0.39 is 12.1 Å². The summed E-state index contributed by atoms with van der Waals surface area (Å²) in [5, 5.41) is 7.26. The first kappa shape index (κ1) is 16.2. The Kier molecular flexibility index (Phi) is 4.38. The molecule has 6 heteroatoms. The van der Waals surface area contributed by atoms with E-state index in [1.807, 2.05) is 37.3 Å². The number of amides is 1. The van der Waals surface area contributed by atoms with Crippen LogP contribution in [0.5, 0.6) is 0 Å². The zero-order chi connectivity index (χ0) is 17.3. The van der Waals surface area contributed by atoms with Gasteiger partial charge in [0.25, 0.3) is 5.91 Å². The van der Waals surface area contributed by atoms with Crippen LogP contribution in [0.2, 0.25) is 0 Å². The van der Waals surface area contributed by atoms with Gasteiger partial charge in [-0.1, -0.05) is 18.2 Å². The lowest BCUT2D eigenvalue weighted by molar-refractivity contribution is -0.129. The molecule has 1 aliphatic rings. The summed E-state index contributed by atoms with van der Waals surface area (Å²) in [7, 11) is 0. The number of esters is 1. The van der Waals surface area contributed by atoms with E-state index in [1.165, 1.54) is 0 Å². The minimum Gasteiger partial charge on any atom is -0.449 e. The van der Waals surface area contributed by atoms with Crippen LogP contribution in [0.1, 0.15) is 41.5 Å². The Morgan fingerprint density at radius 3 is 2.54 bits per heavy atom. The fourth-order valence-corrected chi connectivity index (χ4v) is 2.58. The average molecular weight is 327 g/mol. The molecule has 1 heterocycles. The third kappa shape index (κ3) is 3.32. The number of carbonyl (C=O) groups is 2. The normalized spacial score (nSPS) is 15.0. The van der Waals surface area contributed by atoms with E-state index in [9.17, 15) is 9.59 Å². The number of rotatable bonds is 5. The van der Waals surface area contributed by atoms with Gasteiger partial charge in [-0.2, -0.15) is 5.10 Å². The van der Waals surface area contributed by atoms with Gasteiger partial charge in [-0.15, -0.1) is 0 Å². The molecule has 3 rings (SSSR count). The van der Waals surface area contributed by atoms with Crippen LogP contribution in [0.3, 0.4) is 0 Å².